The molecular weight excluding hydrogens is 212 g/mol. The van der Waals surface area contributed by atoms with E-state index in [4.69, 9.17) is 0 Å². The molecule has 4 heteroatoms. The molecule has 17 heavy (non-hydrogen) atoms. The van der Waals surface area contributed by atoms with E-state index in [1.165, 1.54) is 31.4 Å². The Kier molecular flexibility index (Phi) is 4.15. The lowest BCUT2D eigenvalue weighted by Gasteiger charge is -2.32. The maximum atomic E-state index is 4.07. The summed E-state index contributed by atoms with van der Waals surface area (Å²) in [5, 5.41) is 11.7. The molecule has 1 aromatic rings. The Hall–Kier alpha value is -0.900. The van der Waals surface area contributed by atoms with Crippen LogP contribution in [0.3, 0.4) is 0 Å². The van der Waals surface area contributed by atoms with Crippen molar-refractivity contribution in [3.63, 3.8) is 0 Å². The molecule has 1 N–H and O–H groups in total. The van der Waals surface area contributed by atoms with E-state index in [2.05, 4.69) is 29.5 Å². The van der Waals surface area contributed by atoms with Gasteiger partial charge in [-0.05, 0) is 25.3 Å². The molecule has 0 spiro atoms. The van der Waals surface area contributed by atoms with Gasteiger partial charge >= 0.3 is 0 Å². The first-order chi connectivity index (χ1) is 8.18. The molecule has 0 bridgehead atoms. The lowest BCUT2D eigenvalue weighted by atomic mass is 9.77. The molecule has 1 fully saturated rings. The first-order valence-corrected chi connectivity index (χ1v) is 6.76. The molecular formula is C13H24N4. The minimum Gasteiger partial charge on any atom is -0.314 e. The summed E-state index contributed by atoms with van der Waals surface area (Å²) in [6, 6.07) is 0.572. The van der Waals surface area contributed by atoms with Crippen LogP contribution in [0.1, 0.15) is 51.1 Å². The van der Waals surface area contributed by atoms with Crippen LogP contribution in [0, 0.1) is 5.92 Å². The fraction of sp³-hybridized carbons (Fsp3) is 0.846. The fourth-order valence-corrected chi connectivity index (χ4v) is 2.86. The maximum Gasteiger partial charge on any atom is 0.0728 e. The quantitative estimate of drug-likeness (QED) is 0.870. The van der Waals surface area contributed by atoms with Gasteiger partial charge in [0, 0.05) is 19.0 Å². The standard InChI is InChI=1S/C13H24N4/c1-10(2)14-8-11-6-4-5-7-12(11)13-9-15-16-17(13)3/h9-12,14H,4-8H2,1-3H3. The van der Waals surface area contributed by atoms with Gasteiger partial charge in [0.15, 0.2) is 0 Å². The third kappa shape index (κ3) is 3.06. The average molecular weight is 236 g/mol. The first-order valence-electron chi connectivity index (χ1n) is 6.76. The third-order valence-electron chi connectivity index (χ3n) is 3.83. The zero-order valence-corrected chi connectivity index (χ0v) is 11.2. The van der Waals surface area contributed by atoms with E-state index in [1.807, 2.05) is 17.9 Å². The molecule has 2 unspecified atom stereocenters. The normalized spacial score (nSPS) is 25.4. The van der Waals surface area contributed by atoms with Crippen LogP contribution in [0.25, 0.3) is 0 Å². The van der Waals surface area contributed by atoms with Gasteiger partial charge < -0.3 is 5.32 Å². The second kappa shape index (κ2) is 5.63. The molecule has 1 aliphatic rings. The van der Waals surface area contributed by atoms with Crippen molar-refractivity contribution in [2.24, 2.45) is 13.0 Å². The lowest BCUT2D eigenvalue weighted by molar-refractivity contribution is 0.280. The van der Waals surface area contributed by atoms with Gasteiger partial charge in [-0.3, -0.25) is 4.68 Å². The number of rotatable bonds is 4. The molecule has 1 aromatic heterocycles. The van der Waals surface area contributed by atoms with E-state index in [9.17, 15) is 0 Å². The highest BCUT2D eigenvalue weighted by Crippen LogP contribution is 2.36. The number of hydrogen-bond donors (Lipinski definition) is 1. The minimum absolute atomic E-state index is 0.572. The van der Waals surface area contributed by atoms with Crippen molar-refractivity contribution in [3.05, 3.63) is 11.9 Å². The molecule has 2 atom stereocenters. The summed E-state index contributed by atoms with van der Waals surface area (Å²) in [5.74, 6) is 1.37. The van der Waals surface area contributed by atoms with E-state index >= 15 is 0 Å². The molecule has 96 valence electrons. The Morgan fingerprint density at radius 1 is 1.41 bits per heavy atom. The highest BCUT2D eigenvalue weighted by atomic mass is 15.4. The van der Waals surface area contributed by atoms with Crippen molar-refractivity contribution in [3.8, 4) is 0 Å². The molecule has 4 nitrogen and oxygen atoms in total. The summed E-state index contributed by atoms with van der Waals surface area (Å²) < 4.78 is 1.94. The summed E-state index contributed by atoms with van der Waals surface area (Å²) in [6.45, 7) is 5.54. The molecule has 0 radical (unpaired) electrons. The summed E-state index contributed by atoms with van der Waals surface area (Å²) in [5.41, 5.74) is 1.31. The van der Waals surface area contributed by atoms with Crippen LogP contribution < -0.4 is 5.32 Å². The second-order valence-corrected chi connectivity index (χ2v) is 5.50. The van der Waals surface area contributed by atoms with Crippen molar-refractivity contribution < 1.29 is 0 Å². The lowest BCUT2D eigenvalue weighted by Crippen LogP contribution is -2.34. The van der Waals surface area contributed by atoms with Crippen LogP contribution in [-0.2, 0) is 7.05 Å². The van der Waals surface area contributed by atoms with Crippen molar-refractivity contribution >= 4 is 0 Å². The van der Waals surface area contributed by atoms with Crippen LogP contribution in [0.5, 0.6) is 0 Å². The van der Waals surface area contributed by atoms with Crippen molar-refractivity contribution in [1.29, 1.82) is 0 Å². The number of hydrogen-bond acceptors (Lipinski definition) is 3. The van der Waals surface area contributed by atoms with Gasteiger partial charge in [-0.15, -0.1) is 5.10 Å². The number of nitrogens with zero attached hydrogens (tertiary/aromatic N) is 3. The Morgan fingerprint density at radius 3 is 2.82 bits per heavy atom. The van der Waals surface area contributed by atoms with E-state index < -0.39 is 0 Å². The largest absolute Gasteiger partial charge is 0.314 e. The summed E-state index contributed by atoms with van der Waals surface area (Å²) in [7, 11) is 2.00. The molecule has 0 aliphatic heterocycles. The third-order valence-corrected chi connectivity index (χ3v) is 3.83. The van der Waals surface area contributed by atoms with Gasteiger partial charge in [0.05, 0.1) is 11.9 Å². The van der Waals surface area contributed by atoms with Crippen LogP contribution in [0.4, 0.5) is 0 Å². The zero-order chi connectivity index (χ0) is 12.3. The molecule has 0 amide bonds. The summed E-state index contributed by atoms with van der Waals surface area (Å²) in [4.78, 5) is 0. The van der Waals surface area contributed by atoms with Gasteiger partial charge in [-0.1, -0.05) is 31.9 Å². The predicted molar refractivity (Wildman–Crippen MR) is 68.8 cm³/mol. The first kappa shape index (κ1) is 12.6. The van der Waals surface area contributed by atoms with Crippen molar-refractivity contribution in [2.75, 3.05) is 6.54 Å². The Bertz CT molecular complexity index is 345. The Labute approximate surface area is 104 Å². The number of aromatic nitrogens is 3. The maximum absolute atomic E-state index is 4.07. The van der Waals surface area contributed by atoms with Crippen LogP contribution in [0.2, 0.25) is 0 Å². The van der Waals surface area contributed by atoms with E-state index in [-0.39, 0.29) is 0 Å². The molecule has 1 heterocycles. The number of nitrogens with one attached hydrogen (secondary N) is 1. The SMILES string of the molecule is CC(C)NCC1CCCCC1c1cnnn1C. The van der Waals surface area contributed by atoms with Crippen LogP contribution >= 0.6 is 0 Å². The van der Waals surface area contributed by atoms with E-state index in [1.54, 1.807) is 0 Å². The molecule has 1 saturated carbocycles. The number of aryl methyl sites for hydroxylation is 1. The Morgan fingerprint density at radius 2 is 2.18 bits per heavy atom. The monoisotopic (exact) mass is 236 g/mol. The Balaban J connectivity index is 2.04. The topological polar surface area (TPSA) is 42.7 Å². The van der Waals surface area contributed by atoms with E-state index in [0.717, 1.165) is 12.5 Å². The summed E-state index contributed by atoms with van der Waals surface area (Å²) >= 11 is 0. The summed E-state index contributed by atoms with van der Waals surface area (Å²) in [6.07, 6.45) is 7.26. The highest BCUT2D eigenvalue weighted by molar-refractivity contribution is 5.06. The van der Waals surface area contributed by atoms with Crippen molar-refractivity contribution in [1.82, 2.24) is 20.3 Å². The van der Waals surface area contributed by atoms with Crippen LogP contribution in [0.15, 0.2) is 6.20 Å². The van der Waals surface area contributed by atoms with Gasteiger partial charge in [0.2, 0.25) is 0 Å². The van der Waals surface area contributed by atoms with Crippen molar-refractivity contribution in [2.45, 2.75) is 51.5 Å². The van der Waals surface area contributed by atoms with Gasteiger partial charge in [0.1, 0.15) is 0 Å². The molecule has 1 aliphatic carbocycles. The molecule has 0 aromatic carbocycles. The second-order valence-electron chi connectivity index (χ2n) is 5.50. The van der Waals surface area contributed by atoms with Gasteiger partial charge in [0.25, 0.3) is 0 Å². The molecule has 0 saturated heterocycles. The minimum atomic E-state index is 0.572. The predicted octanol–water partition coefficient (Wildman–Crippen LogP) is 2.09. The van der Waals surface area contributed by atoms with E-state index in [0.29, 0.717) is 12.0 Å². The van der Waals surface area contributed by atoms with Gasteiger partial charge in [-0.2, -0.15) is 0 Å². The smallest absolute Gasteiger partial charge is 0.0728 e. The average Bonchev–Trinajstić information content (AvgIpc) is 2.73. The fourth-order valence-electron chi connectivity index (χ4n) is 2.86. The zero-order valence-electron chi connectivity index (χ0n) is 11.2. The highest BCUT2D eigenvalue weighted by Gasteiger charge is 2.28. The van der Waals surface area contributed by atoms with Crippen LogP contribution in [-0.4, -0.2) is 27.6 Å². The van der Waals surface area contributed by atoms with Gasteiger partial charge in [-0.25, -0.2) is 0 Å². The molecule has 2 rings (SSSR count).